The molecule has 0 aliphatic rings. The summed E-state index contributed by atoms with van der Waals surface area (Å²) in [6, 6.07) is 7.88. The Morgan fingerprint density at radius 2 is 1.80 bits per heavy atom. The minimum atomic E-state index is 0.0748. The Morgan fingerprint density at radius 1 is 1.13 bits per heavy atom. The van der Waals surface area contributed by atoms with Gasteiger partial charge in [0.25, 0.3) is 0 Å². The zero-order chi connectivity index (χ0) is 10.5. The Kier molecular flexibility index (Phi) is 3.64. The van der Waals surface area contributed by atoms with Gasteiger partial charge in [0, 0.05) is 0 Å². The predicted molar refractivity (Wildman–Crippen MR) is 64.2 cm³/mol. The van der Waals surface area contributed by atoms with E-state index in [1.165, 1.54) is 0 Å². The average Bonchev–Trinajstić information content (AvgIpc) is 2.86. The van der Waals surface area contributed by atoms with Crippen LogP contribution in [0.1, 0.15) is 6.92 Å². The molecule has 0 aliphatic carbocycles. The van der Waals surface area contributed by atoms with Crippen molar-refractivity contribution in [2.75, 3.05) is 6.61 Å². The predicted octanol–water partition coefficient (Wildman–Crippen LogP) is 3.66. The molecular formula is C11H12O2S2. The van der Waals surface area contributed by atoms with Crippen molar-refractivity contribution in [1.82, 2.24) is 0 Å². The van der Waals surface area contributed by atoms with Crippen molar-refractivity contribution in [2.45, 2.75) is 13.0 Å². The van der Waals surface area contributed by atoms with Crippen molar-refractivity contribution >= 4 is 22.7 Å². The van der Waals surface area contributed by atoms with Crippen LogP contribution >= 0.6 is 22.7 Å². The Labute approximate surface area is 97.1 Å². The minimum absolute atomic E-state index is 0.0748. The van der Waals surface area contributed by atoms with Crippen molar-refractivity contribution < 1.29 is 9.47 Å². The van der Waals surface area contributed by atoms with E-state index >= 15 is 0 Å². The van der Waals surface area contributed by atoms with Crippen molar-refractivity contribution in [2.24, 2.45) is 0 Å². The Hall–Kier alpha value is -1.00. The van der Waals surface area contributed by atoms with Crippen molar-refractivity contribution in [1.29, 1.82) is 0 Å². The lowest BCUT2D eigenvalue weighted by Gasteiger charge is -2.12. The van der Waals surface area contributed by atoms with Gasteiger partial charge in [-0.2, -0.15) is 0 Å². The van der Waals surface area contributed by atoms with Crippen LogP contribution in [0.25, 0.3) is 0 Å². The van der Waals surface area contributed by atoms with Crippen LogP contribution in [-0.2, 0) is 0 Å². The third-order valence-electron chi connectivity index (χ3n) is 1.77. The molecule has 80 valence electrons. The minimum Gasteiger partial charge on any atom is -0.480 e. The van der Waals surface area contributed by atoms with E-state index in [0.717, 1.165) is 10.1 Å². The quantitative estimate of drug-likeness (QED) is 0.794. The maximum absolute atomic E-state index is 5.65. The fourth-order valence-electron chi connectivity index (χ4n) is 1.11. The van der Waals surface area contributed by atoms with Gasteiger partial charge < -0.3 is 9.47 Å². The summed E-state index contributed by atoms with van der Waals surface area (Å²) in [6.07, 6.45) is 0.0748. The van der Waals surface area contributed by atoms with Crippen LogP contribution in [0, 0.1) is 0 Å². The third kappa shape index (κ3) is 3.25. The molecule has 0 saturated carbocycles. The molecule has 1 atom stereocenters. The molecule has 0 saturated heterocycles. The number of hydrogen-bond donors (Lipinski definition) is 0. The zero-order valence-electron chi connectivity index (χ0n) is 8.38. The molecule has 2 heterocycles. The zero-order valence-corrected chi connectivity index (χ0v) is 10.0. The lowest BCUT2D eigenvalue weighted by atomic mass is 10.4. The van der Waals surface area contributed by atoms with Gasteiger partial charge >= 0.3 is 0 Å². The number of ether oxygens (including phenoxy) is 2. The smallest absolute Gasteiger partial charge is 0.174 e. The summed E-state index contributed by atoms with van der Waals surface area (Å²) in [6.45, 7) is 2.59. The first-order chi connectivity index (χ1) is 7.34. The highest BCUT2D eigenvalue weighted by Crippen LogP contribution is 2.21. The Morgan fingerprint density at radius 3 is 2.40 bits per heavy atom. The third-order valence-corrected chi connectivity index (χ3v) is 3.31. The molecule has 0 radical (unpaired) electrons. The molecule has 2 rings (SSSR count). The van der Waals surface area contributed by atoms with Gasteiger partial charge in [0.2, 0.25) is 0 Å². The maximum Gasteiger partial charge on any atom is 0.174 e. The summed E-state index contributed by atoms with van der Waals surface area (Å²) < 4.78 is 11.2. The number of thiophene rings is 2. The van der Waals surface area contributed by atoms with Crippen molar-refractivity contribution in [3.8, 4) is 10.1 Å². The van der Waals surface area contributed by atoms with E-state index in [1.54, 1.807) is 22.7 Å². The van der Waals surface area contributed by atoms with E-state index in [9.17, 15) is 0 Å². The first-order valence-electron chi connectivity index (χ1n) is 4.71. The molecule has 2 aromatic heterocycles. The molecule has 0 bridgehead atoms. The van der Waals surface area contributed by atoms with Gasteiger partial charge in [-0.25, -0.2) is 0 Å². The molecular weight excluding hydrogens is 228 g/mol. The molecule has 0 aliphatic heterocycles. The van der Waals surface area contributed by atoms with E-state index in [0.29, 0.717) is 6.61 Å². The second-order valence-electron chi connectivity index (χ2n) is 3.10. The van der Waals surface area contributed by atoms with Crippen LogP contribution < -0.4 is 9.47 Å². The molecule has 1 unspecified atom stereocenters. The first-order valence-corrected chi connectivity index (χ1v) is 6.47. The SMILES string of the molecule is CC(COc1cccs1)Oc1cccs1. The largest absolute Gasteiger partial charge is 0.480 e. The van der Waals surface area contributed by atoms with Crippen LogP contribution in [0.5, 0.6) is 10.1 Å². The molecule has 0 amide bonds. The lowest BCUT2D eigenvalue weighted by Crippen LogP contribution is -2.20. The van der Waals surface area contributed by atoms with Crippen LogP contribution in [0.3, 0.4) is 0 Å². The van der Waals surface area contributed by atoms with Crippen molar-refractivity contribution in [3.05, 3.63) is 35.0 Å². The molecule has 0 fully saturated rings. The van der Waals surface area contributed by atoms with E-state index in [1.807, 2.05) is 41.9 Å². The molecule has 15 heavy (non-hydrogen) atoms. The normalized spacial score (nSPS) is 12.3. The maximum atomic E-state index is 5.65. The van der Waals surface area contributed by atoms with E-state index < -0.39 is 0 Å². The van der Waals surface area contributed by atoms with Gasteiger partial charge in [-0.05, 0) is 41.9 Å². The topological polar surface area (TPSA) is 18.5 Å². The van der Waals surface area contributed by atoms with E-state index in [-0.39, 0.29) is 6.10 Å². The van der Waals surface area contributed by atoms with Gasteiger partial charge in [-0.3, -0.25) is 0 Å². The molecule has 2 nitrogen and oxygen atoms in total. The molecule has 0 aromatic carbocycles. The summed E-state index contributed by atoms with van der Waals surface area (Å²) in [5.74, 6) is 0. The Bertz CT molecular complexity index is 367. The molecule has 4 heteroatoms. The molecule has 2 aromatic rings. The van der Waals surface area contributed by atoms with Gasteiger partial charge in [0.15, 0.2) is 10.1 Å². The van der Waals surface area contributed by atoms with Crippen molar-refractivity contribution in [3.63, 3.8) is 0 Å². The average molecular weight is 240 g/mol. The molecule has 0 spiro atoms. The highest BCUT2D eigenvalue weighted by Gasteiger charge is 2.05. The fourth-order valence-corrected chi connectivity index (χ4v) is 2.36. The monoisotopic (exact) mass is 240 g/mol. The second kappa shape index (κ2) is 5.19. The van der Waals surface area contributed by atoms with E-state index in [2.05, 4.69) is 0 Å². The fraction of sp³-hybridized carbons (Fsp3) is 0.273. The van der Waals surface area contributed by atoms with Crippen LogP contribution in [0.2, 0.25) is 0 Å². The summed E-state index contributed by atoms with van der Waals surface area (Å²) in [4.78, 5) is 0. The first kappa shape index (κ1) is 10.5. The summed E-state index contributed by atoms with van der Waals surface area (Å²) in [5.41, 5.74) is 0. The van der Waals surface area contributed by atoms with Crippen LogP contribution in [0.4, 0.5) is 0 Å². The highest BCUT2D eigenvalue weighted by molar-refractivity contribution is 7.12. The van der Waals surface area contributed by atoms with Gasteiger partial charge in [0.05, 0.1) is 0 Å². The van der Waals surface area contributed by atoms with Crippen LogP contribution in [-0.4, -0.2) is 12.7 Å². The Balaban J connectivity index is 1.76. The summed E-state index contributed by atoms with van der Waals surface area (Å²) in [5, 5.41) is 5.89. The molecule has 0 N–H and O–H groups in total. The lowest BCUT2D eigenvalue weighted by molar-refractivity contribution is 0.149. The van der Waals surface area contributed by atoms with Gasteiger partial charge in [-0.1, -0.05) is 0 Å². The highest BCUT2D eigenvalue weighted by atomic mass is 32.1. The summed E-state index contributed by atoms with van der Waals surface area (Å²) >= 11 is 3.20. The van der Waals surface area contributed by atoms with Gasteiger partial charge in [0.1, 0.15) is 12.7 Å². The van der Waals surface area contributed by atoms with E-state index in [4.69, 9.17) is 9.47 Å². The number of rotatable bonds is 5. The van der Waals surface area contributed by atoms with Gasteiger partial charge in [-0.15, -0.1) is 22.7 Å². The van der Waals surface area contributed by atoms with Crippen LogP contribution in [0.15, 0.2) is 35.0 Å². The second-order valence-corrected chi connectivity index (χ2v) is 4.92. The standard InChI is InChI=1S/C11H12O2S2/c1-9(13-11-5-3-7-15-11)8-12-10-4-2-6-14-10/h2-7,9H,8H2,1H3. The summed E-state index contributed by atoms with van der Waals surface area (Å²) in [7, 11) is 0. The number of hydrogen-bond acceptors (Lipinski definition) is 4.